The summed E-state index contributed by atoms with van der Waals surface area (Å²) in [5.74, 6) is -0.410. The summed E-state index contributed by atoms with van der Waals surface area (Å²) in [6.07, 6.45) is 0.403. The van der Waals surface area contributed by atoms with Gasteiger partial charge in [0.05, 0.1) is 11.6 Å². The van der Waals surface area contributed by atoms with Gasteiger partial charge in [-0.15, -0.1) is 0 Å². The van der Waals surface area contributed by atoms with Crippen LogP contribution in [0.15, 0.2) is 24.3 Å². The lowest BCUT2D eigenvalue weighted by atomic mass is 10.0. The van der Waals surface area contributed by atoms with Gasteiger partial charge in [0.1, 0.15) is 11.6 Å². The van der Waals surface area contributed by atoms with Crippen molar-refractivity contribution >= 4 is 5.97 Å². The number of rotatable bonds is 3. The van der Waals surface area contributed by atoms with E-state index < -0.39 is 17.6 Å². The van der Waals surface area contributed by atoms with Gasteiger partial charge in [0.25, 0.3) is 0 Å². The van der Waals surface area contributed by atoms with E-state index in [4.69, 9.17) is 15.7 Å². The van der Waals surface area contributed by atoms with E-state index in [2.05, 4.69) is 0 Å². The molecule has 1 aromatic rings. The van der Waals surface area contributed by atoms with Crippen LogP contribution >= 0.6 is 0 Å². The summed E-state index contributed by atoms with van der Waals surface area (Å²) in [5.41, 5.74) is 6.76. The summed E-state index contributed by atoms with van der Waals surface area (Å²) >= 11 is 0. The van der Waals surface area contributed by atoms with E-state index in [1.807, 2.05) is 6.07 Å². The Morgan fingerprint density at radius 3 is 2.39 bits per heavy atom. The molecule has 0 bridgehead atoms. The molecule has 0 aromatic heterocycles. The quantitative estimate of drug-likeness (QED) is 0.825. The SMILES string of the molecule is CC(C)(C)OC(=O)[C@@H](N)Cc1ccc(C#N)cc1. The molecule has 0 fully saturated rings. The molecule has 0 unspecified atom stereocenters. The maximum absolute atomic E-state index is 11.7. The first kappa shape index (κ1) is 14.2. The molecule has 0 aliphatic rings. The lowest BCUT2D eigenvalue weighted by Gasteiger charge is -2.22. The summed E-state index contributed by atoms with van der Waals surface area (Å²) in [5, 5.41) is 8.68. The molecule has 18 heavy (non-hydrogen) atoms. The van der Waals surface area contributed by atoms with Gasteiger partial charge in [-0.1, -0.05) is 12.1 Å². The van der Waals surface area contributed by atoms with Gasteiger partial charge in [0.15, 0.2) is 0 Å². The van der Waals surface area contributed by atoms with Gasteiger partial charge in [-0.2, -0.15) is 5.26 Å². The molecule has 96 valence electrons. The van der Waals surface area contributed by atoms with E-state index in [0.29, 0.717) is 12.0 Å². The molecule has 0 aliphatic heterocycles. The zero-order chi connectivity index (χ0) is 13.8. The third-order valence-corrected chi connectivity index (χ3v) is 2.25. The van der Waals surface area contributed by atoms with Crippen molar-refractivity contribution in [2.24, 2.45) is 5.73 Å². The Morgan fingerprint density at radius 1 is 1.39 bits per heavy atom. The molecule has 0 aliphatic carbocycles. The summed E-state index contributed by atoms with van der Waals surface area (Å²) in [7, 11) is 0. The van der Waals surface area contributed by atoms with Gasteiger partial charge in [-0.3, -0.25) is 4.79 Å². The van der Waals surface area contributed by atoms with E-state index in [-0.39, 0.29) is 0 Å². The van der Waals surface area contributed by atoms with Crippen LogP contribution in [-0.4, -0.2) is 17.6 Å². The molecule has 0 saturated heterocycles. The predicted molar refractivity (Wildman–Crippen MR) is 68.7 cm³/mol. The fourth-order valence-corrected chi connectivity index (χ4v) is 1.43. The lowest BCUT2D eigenvalue weighted by molar-refractivity contribution is -0.156. The maximum Gasteiger partial charge on any atom is 0.323 e. The minimum Gasteiger partial charge on any atom is -0.459 e. The second-order valence-corrected chi connectivity index (χ2v) is 5.15. The number of nitriles is 1. The van der Waals surface area contributed by atoms with Crippen molar-refractivity contribution in [2.75, 3.05) is 0 Å². The average molecular weight is 246 g/mol. The molecule has 1 atom stereocenters. The lowest BCUT2D eigenvalue weighted by Crippen LogP contribution is -2.38. The van der Waals surface area contributed by atoms with Crippen LogP contribution < -0.4 is 5.73 Å². The van der Waals surface area contributed by atoms with Gasteiger partial charge in [-0.25, -0.2) is 0 Å². The molecular weight excluding hydrogens is 228 g/mol. The first-order chi connectivity index (χ1) is 8.31. The average Bonchev–Trinajstić information content (AvgIpc) is 2.27. The zero-order valence-electron chi connectivity index (χ0n) is 10.9. The molecular formula is C14H18N2O2. The van der Waals surface area contributed by atoms with Crippen molar-refractivity contribution in [3.63, 3.8) is 0 Å². The fraction of sp³-hybridized carbons (Fsp3) is 0.429. The highest BCUT2D eigenvalue weighted by Crippen LogP contribution is 2.11. The topological polar surface area (TPSA) is 76.1 Å². The molecule has 0 heterocycles. The van der Waals surface area contributed by atoms with E-state index in [0.717, 1.165) is 5.56 Å². The highest BCUT2D eigenvalue weighted by atomic mass is 16.6. The minimum absolute atomic E-state index is 0.403. The molecule has 1 rings (SSSR count). The minimum atomic E-state index is -0.683. The number of carbonyl (C=O) groups is 1. The molecule has 4 nitrogen and oxygen atoms in total. The van der Waals surface area contributed by atoms with Crippen molar-refractivity contribution in [3.05, 3.63) is 35.4 Å². The number of carbonyl (C=O) groups excluding carboxylic acids is 1. The van der Waals surface area contributed by atoms with Crippen LogP contribution in [0.3, 0.4) is 0 Å². The standard InChI is InChI=1S/C14H18N2O2/c1-14(2,3)18-13(17)12(16)8-10-4-6-11(9-15)7-5-10/h4-7,12H,8,16H2,1-3H3/t12-/m0/s1. The van der Waals surface area contributed by atoms with Crippen LogP contribution in [0.1, 0.15) is 31.9 Å². The number of benzene rings is 1. The molecule has 1 aromatic carbocycles. The Hall–Kier alpha value is -1.86. The van der Waals surface area contributed by atoms with Crippen LogP contribution in [0, 0.1) is 11.3 Å². The monoisotopic (exact) mass is 246 g/mol. The second kappa shape index (κ2) is 5.65. The van der Waals surface area contributed by atoms with Gasteiger partial charge in [0, 0.05) is 0 Å². The largest absolute Gasteiger partial charge is 0.459 e. The molecule has 4 heteroatoms. The third kappa shape index (κ3) is 4.56. The molecule has 0 amide bonds. The van der Waals surface area contributed by atoms with E-state index in [9.17, 15) is 4.79 Å². The summed E-state index contributed by atoms with van der Waals surface area (Å²) in [6, 6.07) is 8.36. The smallest absolute Gasteiger partial charge is 0.323 e. The third-order valence-electron chi connectivity index (χ3n) is 2.25. The van der Waals surface area contributed by atoms with Crippen molar-refractivity contribution in [1.82, 2.24) is 0 Å². The van der Waals surface area contributed by atoms with Crippen LogP contribution in [0.25, 0.3) is 0 Å². The molecule has 0 radical (unpaired) electrons. The normalized spacial score (nSPS) is 12.6. The fourth-order valence-electron chi connectivity index (χ4n) is 1.43. The van der Waals surface area contributed by atoms with E-state index >= 15 is 0 Å². The number of hydrogen-bond acceptors (Lipinski definition) is 4. The van der Waals surface area contributed by atoms with Crippen molar-refractivity contribution in [3.8, 4) is 6.07 Å². The number of ether oxygens (including phenoxy) is 1. The highest BCUT2D eigenvalue weighted by molar-refractivity contribution is 5.76. The van der Waals surface area contributed by atoms with Crippen LogP contribution in [0.4, 0.5) is 0 Å². The number of esters is 1. The van der Waals surface area contributed by atoms with Crippen molar-refractivity contribution in [2.45, 2.75) is 38.8 Å². The second-order valence-electron chi connectivity index (χ2n) is 5.15. The van der Waals surface area contributed by atoms with Gasteiger partial charge >= 0.3 is 5.97 Å². The maximum atomic E-state index is 11.7. The van der Waals surface area contributed by atoms with Crippen molar-refractivity contribution < 1.29 is 9.53 Å². The number of nitrogens with two attached hydrogens (primary N) is 1. The Labute approximate surface area is 107 Å². The molecule has 2 N–H and O–H groups in total. The van der Waals surface area contributed by atoms with Crippen LogP contribution in [-0.2, 0) is 16.0 Å². The zero-order valence-corrected chi connectivity index (χ0v) is 10.9. The van der Waals surface area contributed by atoms with Gasteiger partial charge in [0.2, 0.25) is 0 Å². The first-order valence-corrected chi connectivity index (χ1v) is 5.79. The number of hydrogen-bond donors (Lipinski definition) is 1. The van der Waals surface area contributed by atoms with Crippen LogP contribution in [0.2, 0.25) is 0 Å². The molecule has 0 spiro atoms. The Bertz CT molecular complexity index is 452. The Kier molecular flexibility index (Phi) is 4.46. The summed E-state index contributed by atoms with van der Waals surface area (Å²) in [6.45, 7) is 5.41. The van der Waals surface area contributed by atoms with E-state index in [1.165, 1.54) is 0 Å². The first-order valence-electron chi connectivity index (χ1n) is 5.79. The van der Waals surface area contributed by atoms with Crippen molar-refractivity contribution in [1.29, 1.82) is 5.26 Å². The predicted octanol–water partition coefficient (Wildman–Crippen LogP) is 1.77. The Balaban J connectivity index is 2.61. The number of nitrogens with zero attached hydrogens (tertiary/aromatic N) is 1. The Morgan fingerprint density at radius 2 is 1.94 bits per heavy atom. The summed E-state index contributed by atoms with van der Waals surface area (Å²) in [4.78, 5) is 11.7. The highest BCUT2D eigenvalue weighted by Gasteiger charge is 2.22. The van der Waals surface area contributed by atoms with Crippen LogP contribution in [0.5, 0.6) is 0 Å². The summed E-state index contributed by atoms with van der Waals surface area (Å²) < 4.78 is 5.20. The van der Waals surface area contributed by atoms with Gasteiger partial charge in [-0.05, 0) is 44.9 Å². The van der Waals surface area contributed by atoms with Gasteiger partial charge < -0.3 is 10.5 Å². The molecule has 0 saturated carbocycles. The van der Waals surface area contributed by atoms with E-state index in [1.54, 1.807) is 45.0 Å².